The van der Waals surface area contributed by atoms with Crippen LogP contribution in [-0.4, -0.2) is 100 Å². The minimum atomic E-state index is -1.21. The van der Waals surface area contributed by atoms with Crippen molar-refractivity contribution in [3.8, 4) is 0 Å². The van der Waals surface area contributed by atoms with Gasteiger partial charge in [0.2, 0.25) is 17.6 Å². The van der Waals surface area contributed by atoms with Gasteiger partial charge in [0, 0.05) is 31.9 Å². The molecule has 1 heterocycles. The SMILES string of the molecule is C=CCNC(=O)C(=O)C(CC1CCC1)NC(=O)[C@@H]1[C@H]2CCC3(CC3)[C@H]2CN1C(=O)[C@@H](NC(=O)N[C@H](CN(C)S(C)=O)C(C)(C)C)C1CCCCC1. The maximum atomic E-state index is 14.9. The fourth-order valence-electron chi connectivity index (χ4n) is 9.13. The second-order valence-electron chi connectivity index (χ2n) is 17.2. The summed E-state index contributed by atoms with van der Waals surface area (Å²) in [7, 11) is 0.539. The number of ketones is 1. The van der Waals surface area contributed by atoms with Gasteiger partial charge in [-0.15, -0.1) is 6.58 Å². The Balaban J connectivity index is 1.39. The minimum absolute atomic E-state index is 0.0398. The Kier molecular flexibility index (Phi) is 12.7. The van der Waals surface area contributed by atoms with E-state index < -0.39 is 46.8 Å². The van der Waals surface area contributed by atoms with Gasteiger partial charge in [-0.1, -0.05) is 65.4 Å². The van der Waals surface area contributed by atoms with Crippen LogP contribution in [0.15, 0.2) is 12.7 Å². The van der Waals surface area contributed by atoms with E-state index in [4.69, 9.17) is 0 Å². The molecule has 51 heavy (non-hydrogen) atoms. The molecule has 13 heteroatoms. The molecular weight excluding hydrogens is 669 g/mol. The van der Waals surface area contributed by atoms with E-state index in [1.165, 1.54) is 6.08 Å². The van der Waals surface area contributed by atoms with E-state index in [1.807, 2.05) is 20.8 Å². The van der Waals surface area contributed by atoms with Gasteiger partial charge in [0.1, 0.15) is 12.1 Å². The minimum Gasteiger partial charge on any atom is -0.346 e. The van der Waals surface area contributed by atoms with Gasteiger partial charge >= 0.3 is 6.03 Å². The second-order valence-corrected chi connectivity index (χ2v) is 18.7. The van der Waals surface area contributed by atoms with Crippen molar-refractivity contribution in [1.29, 1.82) is 0 Å². The van der Waals surface area contributed by atoms with Gasteiger partial charge in [0.05, 0.1) is 17.0 Å². The average Bonchev–Trinajstić information content (AvgIpc) is 3.64. The number of hydrogen-bond donors (Lipinski definition) is 4. The molecule has 4 saturated carbocycles. The number of likely N-dealkylation sites (N-methyl/N-ethyl adjacent to an activating group) is 1. The molecule has 5 fully saturated rings. The molecule has 1 saturated heterocycles. The maximum Gasteiger partial charge on any atom is 0.315 e. The highest BCUT2D eigenvalue weighted by atomic mass is 32.2. The van der Waals surface area contributed by atoms with Gasteiger partial charge in [0.15, 0.2) is 0 Å². The molecule has 1 aliphatic heterocycles. The lowest BCUT2D eigenvalue weighted by Crippen LogP contribution is -2.61. The molecule has 5 rings (SSSR count). The predicted molar refractivity (Wildman–Crippen MR) is 197 cm³/mol. The summed E-state index contributed by atoms with van der Waals surface area (Å²) in [6.07, 6.45) is 15.1. The van der Waals surface area contributed by atoms with Crippen molar-refractivity contribution in [1.82, 2.24) is 30.5 Å². The summed E-state index contributed by atoms with van der Waals surface area (Å²) in [5.41, 5.74) is -0.195. The molecule has 12 nitrogen and oxygen atoms in total. The molecule has 0 bridgehead atoms. The van der Waals surface area contributed by atoms with E-state index in [0.29, 0.717) is 19.5 Å². The van der Waals surface area contributed by atoms with E-state index in [-0.39, 0.29) is 58.9 Å². The first-order valence-electron chi connectivity index (χ1n) is 19.3. The molecular formula is C38H62N6O6S. The molecule has 0 aromatic carbocycles. The zero-order chi connectivity index (χ0) is 37.1. The van der Waals surface area contributed by atoms with Gasteiger partial charge in [-0.3, -0.25) is 19.2 Å². The lowest BCUT2D eigenvalue weighted by atomic mass is 9.80. The average molecular weight is 731 g/mol. The summed E-state index contributed by atoms with van der Waals surface area (Å²) in [6.45, 7) is 10.6. The first kappa shape index (κ1) is 39.4. The van der Waals surface area contributed by atoms with Crippen LogP contribution in [0.2, 0.25) is 0 Å². The van der Waals surface area contributed by atoms with E-state index in [0.717, 1.165) is 77.0 Å². The molecule has 0 radical (unpaired) electrons. The Morgan fingerprint density at radius 3 is 2.22 bits per heavy atom. The van der Waals surface area contributed by atoms with Gasteiger partial charge < -0.3 is 26.2 Å². The molecule has 7 atom stereocenters. The van der Waals surface area contributed by atoms with E-state index in [1.54, 1.807) is 22.5 Å². The van der Waals surface area contributed by atoms with Crippen LogP contribution in [0.3, 0.4) is 0 Å². The number of carbonyl (C=O) groups excluding carboxylic acids is 5. The molecule has 0 aromatic heterocycles. The number of hydrogen-bond acceptors (Lipinski definition) is 6. The molecule has 1 spiro atoms. The summed E-state index contributed by atoms with van der Waals surface area (Å²) in [4.78, 5) is 71.1. The zero-order valence-electron chi connectivity index (χ0n) is 31.5. The van der Waals surface area contributed by atoms with Crippen molar-refractivity contribution in [3.63, 3.8) is 0 Å². The molecule has 0 aromatic rings. The van der Waals surface area contributed by atoms with Crippen LogP contribution in [0.25, 0.3) is 0 Å². The fraction of sp³-hybridized carbons (Fsp3) is 0.816. The number of nitrogens with zero attached hydrogens (tertiary/aromatic N) is 2. The number of likely N-dealkylation sites (tertiary alicyclic amines) is 1. The number of fused-ring (bicyclic) bond motifs is 2. The van der Waals surface area contributed by atoms with E-state index in [2.05, 4.69) is 27.8 Å². The Labute approximate surface area is 307 Å². The van der Waals surface area contributed by atoms with E-state index in [9.17, 15) is 28.2 Å². The molecule has 5 amide bonds. The topological polar surface area (TPSA) is 157 Å². The van der Waals surface area contributed by atoms with Crippen molar-refractivity contribution in [3.05, 3.63) is 12.7 Å². The van der Waals surface area contributed by atoms with Crippen molar-refractivity contribution in [2.75, 3.05) is 32.9 Å². The largest absolute Gasteiger partial charge is 0.346 e. The molecule has 5 aliphatic rings. The van der Waals surface area contributed by atoms with Gasteiger partial charge in [-0.25, -0.2) is 13.3 Å². The number of Topliss-reactive ketones (excluding diaryl/α,β-unsaturated/α-hetero) is 1. The lowest BCUT2D eigenvalue weighted by molar-refractivity contribution is -0.144. The van der Waals surface area contributed by atoms with Crippen molar-refractivity contribution < 1.29 is 28.2 Å². The summed E-state index contributed by atoms with van der Waals surface area (Å²) in [5, 5.41) is 11.7. The van der Waals surface area contributed by atoms with Crippen LogP contribution in [0, 0.1) is 34.5 Å². The fourth-order valence-corrected chi connectivity index (χ4v) is 9.49. The Morgan fingerprint density at radius 2 is 1.65 bits per heavy atom. The van der Waals surface area contributed by atoms with Crippen molar-refractivity contribution in [2.24, 2.45) is 34.5 Å². The monoisotopic (exact) mass is 730 g/mol. The van der Waals surface area contributed by atoms with Gasteiger partial charge in [0.25, 0.3) is 5.91 Å². The Hall–Kier alpha value is -2.80. The molecule has 286 valence electrons. The van der Waals surface area contributed by atoms with Gasteiger partial charge in [-0.2, -0.15) is 0 Å². The van der Waals surface area contributed by atoms with Crippen LogP contribution in [0.5, 0.6) is 0 Å². The summed E-state index contributed by atoms with van der Waals surface area (Å²) >= 11 is 0. The Bertz CT molecular complexity index is 1350. The first-order valence-corrected chi connectivity index (χ1v) is 20.8. The normalized spacial score (nSPS) is 26.7. The van der Waals surface area contributed by atoms with Crippen LogP contribution in [0.1, 0.15) is 104 Å². The van der Waals surface area contributed by atoms with Crippen molar-refractivity contribution >= 4 is 40.5 Å². The Morgan fingerprint density at radius 1 is 0.961 bits per heavy atom. The number of nitrogens with one attached hydrogen (secondary N) is 4. The highest BCUT2D eigenvalue weighted by Gasteiger charge is 2.64. The predicted octanol–water partition coefficient (Wildman–Crippen LogP) is 3.44. The van der Waals surface area contributed by atoms with Crippen LogP contribution in [0.4, 0.5) is 4.79 Å². The van der Waals surface area contributed by atoms with Gasteiger partial charge in [-0.05, 0) is 86.5 Å². The summed E-state index contributed by atoms with van der Waals surface area (Å²) < 4.78 is 13.9. The smallest absolute Gasteiger partial charge is 0.315 e. The number of amides is 5. The zero-order valence-corrected chi connectivity index (χ0v) is 32.3. The highest BCUT2D eigenvalue weighted by molar-refractivity contribution is 7.81. The van der Waals surface area contributed by atoms with Crippen LogP contribution in [-0.2, 0) is 30.2 Å². The number of rotatable bonds is 15. The van der Waals surface area contributed by atoms with Crippen LogP contribution < -0.4 is 21.3 Å². The number of carbonyl (C=O) groups is 5. The third-order valence-electron chi connectivity index (χ3n) is 12.8. The molecule has 4 aliphatic carbocycles. The maximum absolute atomic E-state index is 14.9. The number of urea groups is 1. The summed E-state index contributed by atoms with van der Waals surface area (Å²) in [6, 6.07) is -3.36. The van der Waals surface area contributed by atoms with E-state index >= 15 is 0 Å². The van der Waals surface area contributed by atoms with Crippen molar-refractivity contribution in [2.45, 2.75) is 128 Å². The summed E-state index contributed by atoms with van der Waals surface area (Å²) in [5.74, 6) is -1.70. The second kappa shape index (κ2) is 16.5. The lowest BCUT2D eigenvalue weighted by Gasteiger charge is -2.37. The quantitative estimate of drug-likeness (QED) is 0.150. The standard InChI is InChI=1S/C38H62N6O6S/c1-7-20-39-34(47)32(45)28(21-24-12-11-13-24)40-33(46)31-26-16-17-38(18-19-38)27(26)22-44(31)35(48)30(25-14-9-8-10-15-25)42-36(49)41-29(37(2,3)4)23-43(5)51(6)50/h7,24-31H,1,8-23H2,2-6H3,(H,39,47)(H,40,46)(H2,41,42,49)/t26-,27-,28?,29+,30-,31-,51?/m0/s1. The molecule has 2 unspecified atom stereocenters. The third-order valence-corrected chi connectivity index (χ3v) is 13.8. The highest BCUT2D eigenvalue weighted by Crippen LogP contribution is 2.66. The molecule has 4 N–H and O–H groups in total. The first-order chi connectivity index (χ1) is 24.1. The third kappa shape index (κ3) is 9.23. The van der Waals surface area contributed by atoms with Crippen LogP contribution >= 0.6 is 0 Å².